The van der Waals surface area contributed by atoms with E-state index in [4.69, 9.17) is 0 Å². The molecular formula is C10H14Se. The van der Waals surface area contributed by atoms with Crippen molar-refractivity contribution in [2.24, 2.45) is 0 Å². The SMILES string of the molecule is C[Se]c1c(C)cc(C)cc1C. The second kappa shape index (κ2) is 3.42. The quantitative estimate of drug-likeness (QED) is 0.626. The van der Waals surface area contributed by atoms with Gasteiger partial charge in [-0.3, -0.25) is 0 Å². The summed E-state index contributed by atoms with van der Waals surface area (Å²) < 4.78 is 1.57. The normalized spacial score (nSPS) is 10.2. The first-order valence-corrected chi connectivity index (χ1v) is 6.34. The van der Waals surface area contributed by atoms with E-state index in [1.165, 1.54) is 16.7 Å². The molecule has 0 bridgehead atoms. The molecule has 0 saturated carbocycles. The van der Waals surface area contributed by atoms with E-state index in [-0.39, 0.29) is 0 Å². The summed E-state index contributed by atoms with van der Waals surface area (Å²) in [5, 5.41) is 0. The molecule has 0 N–H and O–H groups in total. The van der Waals surface area contributed by atoms with Crippen molar-refractivity contribution in [1.29, 1.82) is 0 Å². The number of benzene rings is 1. The van der Waals surface area contributed by atoms with E-state index in [0.717, 1.165) is 0 Å². The van der Waals surface area contributed by atoms with Gasteiger partial charge in [0, 0.05) is 0 Å². The van der Waals surface area contributed by atoms with Crippen LogP contribution in [0.25, 0.3) is 0 Å². The third-order valence-electron chi connectivity index (χ3n) is 1.81. The Balaban J connectivity index is 3.25. The summed E-state index contributed by atoms with van der Waals surface area (Å²) in [4.78, 5) is 0. The van der Waals surface area contributed by atoms with Gasteiger partial charge in [-0.15, -0.1) is 0 Å². The van der Waals surface area contributed by atoms with E-state index in [2.05, 4.69) is 38.7 Å². The molecule has 0 aromatic heterocycles. The van der Waals surface area contributed by atoms with E-state index in [9.17, 15) is 0 Å². The monoisotopic (exact) mass is 214 g/mol. The Kier molecular flexibility index (Phi) is 2.75. The molecule has 0 saturated heterocycles. The van der Waals surface area contributed by atoms with Gasteiger partial charge < -0.3 is 0 Å². The zero-order valence-corrected chi connectivity index (χ0v) is 9.28. The Morgan fingerprint density at radius 2 is 1.45 bits per heavy atom. The zero-order valence-electron chi connectivity index (χ0n) is 7.56. The third-order valence-corrected chi connectivity index (χ3v) is 4.02. The Labute approximate surface area is 75.2 Å². The molecule has 0 fully saturated rings. The fourth-order valence-corrected chi connectivity index (χ4v) is 3.09. The van der Waals surface area contributed by atoms with Gasteiger partial charge in [0.1, 0.15) is 0 Å². The molecule has 1 rings (SSSR count). The second-order valence-electron chi connectivity index (χ2n) is 2.93. The van der Waals surface area contributed by atoms with Crippen LogP contribution in [0.1, 0.15) is 16.7 Å². The Bertz CT molecular complexity index is 241. The summed E-state index contributed by atoms with van der Waals surface area (Å²) in [5.41, 5.74) is 4.31. The van der Waals surface area contributed by atoms with Crippen LogP contribution in [0, 0.1) is 20.8 Å². The second-order valence-corrected chi connectivity index (χ2v) is 4.65. The van der Waals surface area contributed by atoms with Gasteiger partial charge in [0.25, 0.3) is 0 Å². The molecule has 0 aliphatic heterocycles. The molecular weight excluding hydrogens is 199 g/mol. The predicted octanol–water partition coefficient (Wildman–Crippen LogP) is 1.99. The summed E-state index contributed by atoms with van der Waals surface area (Å²) in [6.45, 7) is 6.58. The average Bonchev–Trinajstić information content (AvgIpc) is 1.85. The van der Waals surface area contributed by atoms with E-state index in [0.29, 0.717) is 15.0 Å². The van der Waals surface area contributed by atoms with Crippen LogP contribution in [0.4, 0.5) is 0 Å². The predicted molar refractivity (Wildman–Crippen MR) is 51.9 cm³/mol. The Morgan fingerprint density at radius 3 is 1.82 bits per heavy atom. The number of hydrogen-bond acceptors (Lipinski definition) is 0. The average molecular weight is 213 g/mol. The standard InChI is InChI=1S/C10H14Se/c1-7-5-8(2)10(11-4)9(3)6-7/h5-6H,1-4H3. The topological polar surface area (TPSA) is 0 Å². The van der Waals surface area contributed by atoms with E-state index < -0.39 is 0 Å². The van der Waals surface area contributed by atoms with Gasteiger partial charge in [-0.25, -0.2) is 0 Å². The first kappa shape index (κ1) is 8.83. The summed E-state index contributed by atoms with van der Waals surface area (Å²) in [7, 11) is 0. The Morgan fingerprint density at radius 1 is 1.00 bits per heavy atom. The van der Waals surface area contributed by atoms with Gasteiger partial charge in [0.05, 0.1) is 0 Å². The van der Waals surface area contributed by atoms with Gasteiger partial charge in [0.2, 0.25) is 0 Å². The van der Waals surface area contributed by atoms with Crippen molar-refractivity contribution in [3.05, 3.63) is 28.8 Å². The minimum atomic E-state index is 0.641. The summed E-state index contributed by atoms with van der Waals surface area (Å²) in [5.74, 6) is 2.28. The van der Waals surface area contributed by atoms with Crippen LogP contribution in [0.5, 0.6) is 0 Å². The maximum atomic E-state index is 2.28. The van der Waals surface area contributed by atoms with E-state index in [1.54, 1.807) is 4.46 Å². The molecule has 0 nitrogen and oxygen atoms in total. The zero-order chi connectivity index (χ0) is 8.43. The molecule has 1 aromatic rings. The van der Waals surface area contributed by atoms with Crippen molar-refractivity contribution < 1.29 is 0 Å². The van der Waals surface area contributed by atoms with Crippen molar-refractivity contribution in [2.75, 3.05) is 0 Å². The van der Waals surface area contributed by atoms with Crippen molar-refractivity contribution in [3.63, 3.8) is 0 Å². The van der Waals surface area contributed by atoms with Crippen molar-refractivity contribution in [1.82, 2.24) is 0 Å². The van der Waals surface area contributed by atoms with Gasteiger partial charge >= 0.3 is 74.8 Å². The summed E-state index contributed by atoms with van der Waals surface area (Å²) in [6, 6.07) is 4.54. The van der Waals surface area contributed by atoms with Crippen molar-refractivity contribution >= 4 is 19.4 Å². The summed E-state index contributed by atoms with van der Waals surface area (Å²) >= 11 is 0.641. The number of rotatable bonds is 1. The fraction of sp³-hybridized carbons (Fsp3) is 0.400. The van der Waals surface area contributed by atoms with Crippen molar-refractivity contribution in [3.8, 4) is 0 Å². The first-order chi connectivity index (χ1) is 5.15. The van der Waals surface area contributed by atoms with Crippen LogP contribution >= 0.6 is 0 Å². The maximum absolute atomic E-state index is 2.28. The number of hydrogen-bond donors (Lipinski definition) is 0. The van der Waals surface area contributed by atoms with Crippen LogP contribution in [-0.4, -0.2) is 15.0 Å². The molecule has 0 aliphatic rings. The Hall–Kier alpha value is -0.261. The van der Waals surface area contributed by atoms with Gasteiger partial charge in [-0.1, -0.05) is 0 Å². The molecule has 1 aromatic carbocycles. The van der Waals surface area contributed by atoms with E-state index in [1.807, 2.05) is 0 Å². The van der Waals surface area contributed by atoms with Crippen LogP contribution < -0.4 is 4.46 Å². The molecule has 0 unspecified atom stereocenters. The molecule has 0 heterocycles. The van der Waals surface area contributed by atoms with Gasteiger partial charge in [-0.2, -0.15) is 0 Å². The first-order valence-electron chi connectivity index (χ1n) is 3.77. The molecule has 0 radical (unpaired) electrons. The third kappa shape index (κ3) is 1.85. The minimum absolute atomic E-state index is 0.641. The van der Waals surface area contributed by atoms with Gasteiger partial charge in [0.15, 0.2) is 0 Å². The van der Waals surface area contributed by atoms with E-state index >= 15 is 0 Å². The molecule has 0 amide bonds. The summed E-state index contributed by atoms with van der Waals surface area (Å²) in [6.07, 6.45) is 0. The van der Waals surface area contributed by atoms with Crippen LogP contribution in [0.15, 0.2) is 12.1 Å². The van der Waals surface area contributed by atoms with Crippen LogP contribution in [0.2, 0.25) is 5.82 Å². The fourth-order valence-electron chi connectivity index (χ4n) is 1.49. The molecule has 1 heteroatoms. The molecule has 60 valence electrons. The molecule has 0 spiro atoms. The molecule has 0 aliphatic carbocycles. The van der Waals surface area contributed by atoms with Crippen molar-refractivity contribution in [2.45, 2.75) is 26.6 Å². The molecule has 11 heavy (non-hydrogen) atoms. The van der Waals surface area contributed by atoms with Crippen LogP contribution in [0.3, 0.4) is 0 Å². The molecule has 0 atom stereocenters. The number of aryl methyl sites for hydroxylation is 3. The van der Waals surface area contributed by atoms with Crippen LogP contribution in [-0.2, 0) is 0 Å². The van der Waals surface area contributed by atoms with Gasteiger partial charge in [-0.05, 0) is 0 Å².